The molecule has 0 aromatic heterocycles. The van der Waals surface area contributed by atoms with Gasteiger partial charge >= 0.3 is 0 Å². The number of rotatable bonds is 17. The molecule has 0 bridgehead atoms. The van der Waals surface area contributed by atoms with Crippen molar-refractivity contribution in [2.24, 2.45) is 5.73 Å². The van der Waals surface area contributed by atoms with E-state index in [1.165, 1.54) is 83.5 Å². The second-order valence-electron chi connectivity index (χ2n) is 7.58. The summed E-state index contributed by atoms with van der Waals surface area (Å²) in [6.07, 6.45) is 19.4. The first-order valence-corrected chi connectivity index (χ1v) is 10.2. The maximum atomic E-state index is 9.13. The minimum absolute atomic E-state index is 0. The van der Waals surface area contributed by atoms with E-state index in [2.05, 4.69) is 6.92 Å². The van der Waals surface area contributed by atoms with E-state index < -0.39 is 11.8 Å². The summed E-state index contributed by atoms with van der Waals surface area (Å²) in [4.78, 5) is 0. The first-order valence-electron chi connectivity index (χ1n) is 10.2. The van der Waals surface area contributed by atoms with E-state index in [-0.39, 0.29) is 5.48 Å². The van der Waals surface area contributed by atoms with Gasteiger partial charge in [-0.3, -0.25) is 0 Å². The summed E-state index contributed by atoms with van der Waals surface area (Å²) in [6.45, 7) is 3.98. The van der Waals surface area contributed by atoms with Crippen LogP contribution in [0.5, 0.6) is 0 Å². The van der Waals surface area contributed by atoms with Crippen molar-refractivity contribution in [3.63, 3.8) is 0 Å². The van der Waals surface area contributed by atoms with Crippen molar-refractivity contribution >= 4 is 0 Å². The molecule has 0 fully saturated rings. The van der Waals surface area contributed by atoms with Gasteiger partial charge in [0, 0.05) is 0 Å². The molecule has 0 aromatic carbocycles. The Labute approximate surface area is 150 Å². The number of hydrogen-bond acceptors (Lipinski definition) is 3. The lowest BCUT2D eigenvalue weighted by molar-refractivity contribution is -0.0933. The Morgan fingerprint density at radius 2 is 0.958 bits per heavy atom. The van der Waals surface area contributed by atoms with Crippen molar-refractivity contribution < 1.29 is 15.7 Å². The van der Waals surface area contributed by atoms with Crippen LogP contribution in [0.1, 0.15) is 117 Å². The Balaban J connectivity index is 0. The van der Waals surface area contributed by atoms with Gasteiger partial charge in [0.2, 0.25) is 0 Å². The minimum Gasteiger partial charge on any atom is -0.412 e. The summed E-state index contributed by atoms with van der Waals surface area (Å²) in [6, 6.07) is 0. The number of unbranched alkanes of at least 4 members (excludes halogenated alkanes) is 14. The lowest BCUT2D eigenvalue weighted by Crippen LogP contribution is -2.47. The van der Waals surface area contributed by atoms with E-state index in [1.54, 1.807) is 6.92 Å². The summed E-state index contributed by atoms with van der Waals surface area (Å²) in [7, 11) is 0. The average molecular weight is 348 g/mol. The summed E-state index contributed by atoms with van der Waals surface area (Å²) in [5.41, 5.74) is 4.96. The lowest BCUT2D eigenvalue weighted by Gasteiger charge is -2.26. The predicted octanol–water partition coefficient (Wildman–Crippen LogP) is 4.45. The zero-order chi connectivity index (χ0) is 17.4. The molecule has 0 spiro atoms. The maximum absolute atomic E-state index is 9.13. The van der Waals surface area contributed by atoms with Crippen LogP contribution in [0.2, 0.25) is 0 Å². The van der Waals surface area contributed by atoms with Gasteiger partial charge < -0.3 is 21.4 Å². The van der Waals surface area contributed by atoms with E-state index in [0.717, 1.165) is 12.8 Å². The van der Waals surface area contributed by atoms with Crippen LogP contribution in [0.15, 0.2) is 0 Å². The molecule has 0 amide bonds. The van der Waals surface area contributed by atoms with Crippen LogP contribution in [-0.2, 0) is 0 Å². The molecule has 0 saturated heterocycles. The second-order valence-corrected chi connectivity index (χ2v) is 7.58. The molecular weight excluding hydrogens is 302 g/mol. The first kappa shape index (κ1) is 26.1. The summed E-state index contributed by atoms with van der Waals surface area (Å²) < 4.78 is 0. The third kappa shape index (κ3) is 16.7. The van der Waals surface area contributed by atoms with Crippen molar-refractivity contribution in [2.75, 3.05) is 0 Å². The molecule has 0 aromatic rings. The van der Waals surface area contributed by atoms with Crippen LogP contribution in [0.3, 0.4) is 0 Å². The molecule has 0 heterocycles. The lowest BCUT2D eigenvalue weighted by atomic mass is 9.94. The van der Waals surface area contributed by atoms with Gasteiger partial charge in [-0.1, -0.05) is 103 Å². The topological polar surface area (TPSA) is 98.0 Å². The fraction of sp³-hybridized carbons (Fsp3) is 1.00. The highest BCUT2D eigenvalue weighted by Crippen LogP contribution is 2.17. The third-order valence-corrected chi connectivity index (χ3v) is 4.91. The van der Waals surface area contributed by atoms with Gasteiger partial charge in [0.25, 0.3) is 0 Å². The molecule has 0 saturated carbocycles. The molecule has 1 atom stereocenters. The average Bonchev–Trinajstić information content (AvgIpc) is 2.51. The van der Waals surface area contributed by atoms with E-state index in [4.69, 9.17) is 15.9 Å². The first-order chi connectivity index (χ1) is 11.0. The molecule has 4 heteroatoms. The maximum Gasteiger partial charge on any atom is 0.169 e. The quantitative estimate of drug-likeness (QED) is 0.268. The van der Waals surface area contributed by atoms with E-state index in [1.807, 2.05) is 0 Å². The van der Waals surface area contributed by atoms with Gasteiger partial charge in [0.05, 0.1) is 5.54 Å². The Bertz CT molecular complexity index is 245. The molecule has 24 heavy (non-hydrogen) atoms. The fourth-order valence-electron chi connectivity index (χ4n) is 3.01. The SMILES string of the molecule is CCCCCCCCCCCCCCCCCC(C)(N)C(O)O.O. The van der Waals surface area contributed by atoms with Gasteiger partial charge in [-0.2, -0.15) is 0 Å². The summed E-state index contributed by atoms with van der Waals surface area (Å²) in [5, 5.41) is 18.3. The summed E-state index contributed by atoms with van der Waals surface area (Å²) in [5.74, 6) is 0. The molecule has 148 valence electrons. The molecule has 0 rings (SSSR count). The van der Waals surface area contributed by atoms with Crippen molar-refractivity contribution in [1.82, 2.24) is 0 Å². The molecule has 0 aliphatic carbocycles. The Hall–Kier alpha value is -0.160. The zero-order valence-corrected chi connectivity index (χ0v) is 16.4. The molecule has 0 radical (unpaired) electrons. The Kier molecular flexibility index (Phi) is 19.2. The molecule has 6 N–H and O–H groups in total. The zero-order valence-electron chi connectivity index (χ0n) is 16.4. The molecule has 4 nitrogen and oxygen atoms in total. The molecule has 0 aliphatic heterocycles. The van der Waals surface area contributed by atoms with Gasteiger partial charge in [0.15, 0.2) is 6.29 Å². The third-order valence-electron chi connectivity index (χ3n) is 4.91. The Morgan fingerprint density at radius 3 is 1.25 bits per heavy atom. The van der Waals surface area contributed by atoms with Crippen LogP contribution < -0.4 is 5.73 Å². The molecule has 0 aliphatic rings. The van der Waals surface area contributed by atoms with Crippen LogP contribution in [0.25, 0.3) is 0 Å². The highest BCUT2D eigenvalue weighted by Gasteiger charge is 2.25. The predicted molar refractivity (Wildman–Crippen MR) is 104 cm³/mol. The highest BCUT2D eigenvalue weighted by atomic mass is 16.5. The highest BCUT2D eigenvalue weighted by molar-refractivity contribution is 4.80. The molecule has 1 unspecified atom stereocenters. The number of aliphatic hydroxyl groups is 2. The van der Waals surface area contributed by atoms with Crippen molar-refractivity contribution in [3.05, 3.63) is 0 Å². The van der Waals surface area contributed by atoms with Crippen molar-refractivity contribution in [2.45, 2.75) is 128 Å². The van der Waals surface area contributed by atoms with Gasteiger partial charge in [-0.15, -0.1) is 0 Å². The normalized spacial score (nSPS) is 13.8. The van der Waals surface area contributed by atoms with Crippen molar-refractivity contribution in [3.8, 4) is 0 Å². The van der Waals surface area contributed by atoms with Crippen LogP contribution in [0, 0.1) is 0 Å². The number of hydrogen-bond donors (Lipinski definition) is 3. The minimum atomic E-state index is -1.41. The monoisotopic (exact) mass is 347 g/mol. The van der Waals surface area contributed by atoms with E-state index >= 15 is 0 Å². The fourth-order valence-corrected chi connectivity index (χ4v) is 3.01. The second kappa shape index (κ2) is 17.7. The van der Waals surface area contributed by atoms with Crippen LogP contribution >= 0.6 is 0 Å². The van der Waals surface area contributed by atoms with E-state index in [9.17, 15) is 0 Å². The van der Waals surface area contributed by atoms with Crippen molar-refractivity contribution in [1.29, 1.82) is 0 Å². The standard InChI is InChI=1S/C20H43NO2.H2O/c1-3-4-5-6-7-8-9-10-11-12-13-14-15-16-17-18-20(2,21)19(22)23;/h19,22-23H,3-18,21H2,1-2H3;1H2. The van der Waals surface area contributed by atoms with Gasteiger partial charge in [0.1, 0.15) is 0 Å². The van der Waals surface area contributed by atoms with Gasteiger partial charge in [-0.25, -0.2) is 0 Å². The largest absolute Gasteiger partial charge is 0.412 e. The number of nitrogens with two attached hydrogens (primary N) is 1. The van der Waals surface area contributed by atoms with Crippen LogP contribution in [0.4, 0.5) is 0 Å². The van der Waals surface area contributed by atoms with E-state index in [0.29, 0.717) is 6.42 Å². The van der Waals surface area contributed by atoms with Gasteiger partial charge in [-0.05, 0) is 13.3 Å². The smallest absolute Gasteiger partial charge is 0.169 e. The van der Waals surface area contributed by atoms with Crippen LogP contribution in [-0.4, -0.2) is 27.5 Å². The molecular formula is C20H45NO3. The Morgan fingerprint density at radius 1 is 0.667 bits per heavy atom. The summed E-state index contributed by atoms with van der Waals surface area (Å²) >= 11 is 0. The number of aliphatic hydroxyl groups excluding tert-OH is 1.